The molecule has 1 aromatic rings. The van der Waals surface area contributed by atoms with Crippen molar-refractivity contribution in [3.63, 3.8) is 0 Å². The average Bonchev–Trinajstić information content (AvgIpc) is 2.15. The molecule has 14 heavy (non-hydrogen) atoms. The van der Waals surface area contributed by atoms with Gasteiger partial charge in [0, 0.05) is 0 Å². The molecule has 0 aliphatic carbocycles. The quantitative estimate of drug-likeness (QED) is 0.742. The number of hydrogen-bond donors (Lipinski definition) is 2. The van der Waals surface area contributed by atoms with Crippen molar-refractivity contribution < 1.29 is 5.11 Å². The first-order chi connectivity index (χ1) is 6.33. The van der Waals surface area contributed by atoms with Crippen molar-refractivity contribution in [3.8, 4) is 5.75 Å². The van der Waals surface area contributed by atoms with Gasteiger partial charge in [-0.2, -0.15) is 0 Å². The number of rotatable bonds is 5. The van der Waals surface area contributed by atoms with Crippen LogP contribution < -0.4 is 5.73 Å². The van der Waals surface area contributed by atoms with Crippen LogP contribution in [0.5, 0.6) is 5.75 Å². The molecule has 1 aromatic carbocycles. The SMILES string of the molecule is Cl.NCCCCCc1ccc(O)cc1. The van der Waals surface area contributed by atoms with E-state index in [0.717, 1.165) is 19.4 Å². The van der Waals surface area contributed by atoms with Gasteiger partial charge in [-0.25, -0.2) is 0 Å². The van der Waals surface area contributed by atoms with E-state index in [1.807, 2.05) is 12.1 Å². The van der Waals surface area contributed by atoms with E-state index in [-0.39, 0.29) is 12.4 Å². The molecule has 0 heterocycles. The molecular weight excluding hydrogens is 198 g/mol. The lowest BCUT2D eigenvalue weighted by Gasteiger charge is -2.00. The number of phenolic OH excluding ortho intramolecular Hbond substituents is 1. The second kappa shape index (κ2) is 7.65. The fraction of sp³-hybridized carbons (Fsp3) is 0.455. The largest absolute Gasteiger partial charge is 0.508 e. The van der Waals surface area contributed by atoms with Crippen LogP contribution in [0, 0.1) is 0 Å². The van der Waals surface area contributed by atoms with Gasteiger partial charge in [0.05, 0.1) is 0 Å². The summed E-state index contributed by atoms with van der Waals surface area (Å²) < 4.78 is 0. The number of benzene rings is 1. The van der Waals surface area contributed by atoms with Crippen LogP contribution in [0.25, 0.3) is 0 Å². The molecule has 0 radical (unpaired) electrons. The highest BCUT2D eigenvalue weighted by Gasteiger charge is 1.93. The number of halogens is 1. The zero-order valence-corrected chi connectivity index (χ0v) is 9.09. The summed E-state index contributed by atoms with van der Waals surface area (Å²) >= 11 is 0. The Balaban J connectivity index is 0.00000169. The minimum atomic E-state index is 0. The molecular formula is C11H18ClNO. The molecule has 0 unspecified atom stereocenters. The van der Waals surface area contributed by atoms with Crippen LogP contribution in [0.15, 0.2) is 24.3 Å². The molecule has 3 heteroatoms. The Morgan fingerprint density at radius 2 is 1.64 bits per heavy atom. The Bertz CT molecular complexity index is 236. The summed E-state index contributed by atoms with van der Waals surface area (Å²) in [5.74, 6) is 0.339. The van der Waals surface area contributed by atoms with Gasteiger partial charge in [0.1, 0.15) is 5.75 Å². The Hall–Kier alpha value is -0.730. The smallest absolute Gasteiger partial charge is 0.115 e. The van der Waals surface area contributed by atoms with Gasteiger partial charge in [0.15, 0.2) is 0 Å². The van der Waals surface area contributed by atoms with E-state index in [2.05, 4.69) is 0 Å². The van der Waals surface area contributed by atoms with Crippen molar-refractivity contribution in [1.29, 1.82) is 0 Å². The summed E-state index contributed by atoms with van der Waals surface area (Å²) in [6.45, 7) is 0.787. The Labute approximate surface area is 91.5 Å². The molecule has 80 valence electrons. The minimum Gasteiger partial charge on any atom is -0.508 e. The highest BCUT2D eigenvalue weighted by molar-refractivity contribution is 5.85. The number of hydrogen-bond acceptors (Lipinski definition) is 2. The third-order valence-corrected chi connectivity index (χ3v) is 2.11. The molecule has 0 fully saturated rings. The van der Waals surface area contributed by atoms with Gasteiger partial charge in [-0.3, -0.25) is 0 Å². The highest BCUT2D eigenvalue weighted by Crippen LogP contribution is 2.12. The van der Waals surface area contributed by atoms with Gasteiger partial charge in [-0.1, -0.05) is 18.6 Å². The lowest BCUT2D eigenvalue weighted by atomic mass is 10.1. The monoisotopic (exact) mass is 215 g/mol. The van der Waals surface area contributed by atoms with Gasteiger partial charge >= 0.3 is 0 Å². The minimum absolute atomic E-state index is 0. The van der Waals surface area contributed by atoms with Crippen LogP contribution in [-0.2, 0) is 6.42 Å². The molecule has 0 bridgehead atoms. The van der Waals surface area contributed by atoms with Gasteiger partial charge in [-0.05, 0) is 43.5 Å². The molecule has 0 saturated heterocycles. The maximum atomic E-state index is 9.05. The van der Waals surface area contributed by atoms with Gasteiger partial charge in [-0.15, -0.1) is 12.4 Å². The standard InChI is InChI=1S/C11H17NO.ClH/c12-9-3-1-2-4-10-5-7-11(13)8-6-10;/h5-8,13H,1-4,9,12H2;1H. The predicted molar refractivity (Wildman–Crippen MR) is 62.0 cm³/mol. The Morgan fingerprint density at radius 3 is 2.21 bits per heavy atom. The van der Waals surface area contributed by atoms with Gasteiger partial charge < -0.3 is 10.8 Å². The van der Waals surface area contributed by atoms with E-state index in [0.29, 0.717) is 5.75 Å². The van der Waals surface area contributed by atoms with Crippen LogP contribution in [-0.4, -0.2) is 11.7 Å². The highest BCUT2D eigenvalue weighted by atomic mass is 35.5. The maximum Gasteiger partial charge on any atom is 0.115 e. The first-order valence-corrected chi connectivity index (χ1v) is 4.81. The normalized spacial score (nSPS) is 9.50. The number of phenols is 1. The summed E-state index contributed by atoms with van der Waals surface area (Å²) in [7, 11) is 0. The van der Waals surface area contributed by atoms with E-state index >= 15 is 0 Å². The van der Waals surface area contributed by atoms with E-state index in [4.69, 9.17) is 10.8 Å². The van der Waals surface area contributed by atoms with Crippen molar-refractivity contribution in [3.05, 3.63) is 29.8 Å². The van der Waals surface area contributed by atoms with Gasteiger partial charge in [0.2, 0.25) is 0 Å². The van der Waals surface area contributed by atoms with Crippen LogP contribution in [0.4, 0.5) is 0 Å². The van der Waals surface area contributed by atoms with Crippen molar-refractivity contribution in [2.24, 2.45) is 5.73 Å². The second-order valence-corrected chi connectivity index (χ2v) is 3.27. The number of nitrogens with two attached hydrogens (primary N) is 1. The second-order valence-electron chi connectivity index (χ2n) is 3.27. The van der Waals surface area contributed by atoms with Crippen molar-refractivity contribution >= 4 is 12.4 Å². The molecule has 0 spiro atoms. The number of aromatic hydroxyl groups is 1. The molecule has 0 atom stereocenters. The molecule has 2 nitrogen and oxygen atoms in total. The third kappa shape index (κ3) is 5.10. The Kier molecular flexibility index (Phi) is 7.25. The molecule has 0 amide bonds. The van der Waals surface area contributed by atoms with Crippen molar-refractivity contribution in [2.75, 3.05) is 6.54 Å². The van der Waals surface area contributed by atoms with Crippen LogP contribution in [0.3, 0.4) is 0 Å². The summed E-state index contributed by atoms with van der Waals surface area (Å²) in [6, 6.07) is 7.41. The lowest BCUT2D eigenvalue weighted by Crippen LogP contribution is -1.98. The Morgan fingerprint density at radius 1 is 1.00 bits per heavy atom. The molecule has 3 N–H and O–H groups in total. The number of aryl methyl sites for hydroxylation is 1. The van der Waals surface area contributed by atoms with E-state index in [9.17, 15) is 0 Å². The van der Waals surface area contributed by atoms with E-state index in [1.54, 1.807) is 12.1 Å². The van der Waals surface area contributed by atoms with Crippen molar-refractivity contribution in [2.45, 2.75) is 25.7 Å². The lowest BCUT2D eigenvalue weighted by molar-refractivity contribution is 0.475. The van der Waals surface area contributed by atoms with Crippen molar-refractivity contribution in [1.82, 2.24) is 0 Å². The molecule has 0 saturated carbocycles. The summed E-state index contributed by atoms with van der Waals surface area (Å²) in [6.07, 6.45) is 4.57. The summed E-state index contributed by atoms with van der Waals surface area (Å²) in [4.78, 5) is 0. The zero-order valence-electron chi connectivity index (χ0n) is 8.28. The zero-order chi connectivity index (χ0) is 9.52. The van der Waals surface area contributed by atoms with E-state index < -0.39 is 0 Å². The first kappa shape index (κ1) is 13.3. The maximum absolute atomic E-state index is 9.05. The van der Waals surface area contributed by atoms with Gasteiger partial charge in [0.25, 0.3) is 0 Å². The van der Waals surface area contributed by atoms with Crippen LogP contribution >= 0.6 is 12.4 Å². The third-order valence-electron chi connectivity index (χ3n) is 2.11. The molecule has 1 rings (SSSR count). The predicted octanol–water partition coefficient (Wildman–Crippen LogP) is 2.49. The fourth-order valence-electron chi connectivity index (χ4n) is 1.31. The molecule has 0 aromatic heterocycles. The first-order valence-electron chi connectivity index (χ1n) is 4.81. The summed E-state index contributed by atoms with van der Waals surface area (Å²) in [5.41, 5.74) is 6.68. The topological polar surface area (TPSA) is 46.2 Å². The summed E-state index contributed by atoms with van der Waals surface area (Å²) in [5, 5.41) is 9.05. The molecule has 0 aliphatic heterocycles. The number of unbranched alkanes of at least 4 members (excludes halogenated alkanes) is 2. The fourth-order valence-corrected chi connectivity index (χ4v) is 1.31. The van der Waals surface area contributed by atoms with Crippen LogP contribution in [0.1, 0.15) is 24.8 Å². The van der Waals surface area contributed by atoms with E-state index in [1.165, 1.54) is 18.4 Å². The van der Waals surface area contributed by atoms with Crippen LogP contribution in [0.2, 0.25) is 0 Å². The molecule has 0 aliphatic rings. The average molecular weight is 216 g/mol.